The zero-order valence-corrected chi connectivity index (χ0v) is 15.8. The predicted octanol–water partition coefficient (Wildman–Crippen LogP) is 2.30. The van der Waals surface area contributed by atoms with Crippen molar-refractivity contribution in [3.05, 3.63) is 0 Å². The van der Waals surface area contributed by atoms with Crippen molar-refractivity contribution in [2.75, 3.05) is 32.7 Å². The van der Waals surface area contributed by atoms with E-state index in [0.29, 0.717) is 29.3 Å². The number of likely N-dealkylation sites (tertiary alicyclic amines) is 1. The fraction of sp³-hybridized carbons (Fsp3) is 0.941. The highest BCUT2D eigenvalue weighted by Crippen LogP contribution is 2.59. The molecule has 4 fully saturated rings. The van der Waals surface area contributed by atoms with Crippen molar-refractivity contribution >= 4 is 30.7 Å². The molecular formula is C17H31Cl2N3O. The van der Waals surface area contributed by atoms with Crippen molar-refractivity contribution < 1.29 is 4.79 Å². The Labute approximate surface area is 152 Å². The Morgan fingerprint density at radius 2 is 1.83 bits per heavy atom. The van der Waals surface area contributed by atoms with Crippen LogP contribution in [0.2, 0.25) is 0 Å². The van der Waals surface area contributed by atoms with E-state index < -0.39 is 0 Å². The lowest BCUT2D eigenvalue weighted by Crippen LogP contribution is -2.45. The van der Waals surface area contributed by atoms with Crippen LogP contribution in [0.3, 0.4) is 0 Å². The molecule has 3 heterocycles. The van der Waals surface area contributed by atoms with Crippen LogP contribution in [0, 0.1) is 11.3 Å². The minimum absolute atomic E-state index is 0. The maximum absolute atomic E-state index is 13.1. The zero-order chi connectivity index (χ0) is 14.4. The summed E-state index contributed by atoms with van der Waals surface area (Å²) in [5.74, 6) is 0.873. The van der Waals surface area contributed by atoms with E-state index in [4.69, 9.17) is 0 Å². The summed E-state index contributed by atoms with van der Waals surface area (Å²) < 4.78 is 0. The third-order valence-electron chi connectivity index (χ3n) is 6.66. The number of carbonyl (C=O) groups excluding carboxylic acids is 1. The minimum atomic E-state index is 0. The van der Waals surface area contributed by atoms with E-state index in [0.717, 1.165) is 26.2 Å². The molecule has 0 radical (unpaired) electrons. The van der Waals surface area contributed by atoms with Gasteiger partial charge in [0.2, 0.25) is 5.91 Å². The number of fused-ring (bicyclic) bond motifs is 2. The van der Waals surface area contributed by atoms with Gasteiger partial charge in [0.25, 0.3) is 0 Å². The fourth-order valence-corrected chi connectivity index (χ4v) is 5.15. The van der Waals surface area contributed by atoms with Gasteiger partial charge in [-0.2, -0.15) is 0 Å². The van der Waals surface area contributed by atoms with E-state index in [2.05, 4.69) is 22.0 Å². The van der Waals surface area contributed by atoms with Gasteiger partial charge >= 0.3 is 0 Å². The molecular weight excluding hydrogens is 333 g/mol. The molecule has 1 saturated carbocycles. The average molecular weight is 364 g/mol. The number of carbonyl (C=O) groups is 1. The van der Waals surface area contributed by atoms with E-state index in [-0.39, 0.29) is 24.8 Å². The van der Waals surface area contributed by atoms with Crippen molar-refractivity contribution in [2.24, 2.45) is 11.3 Å². The number of nitrogens with one attached hydrogen (secondary N) is 1. The summed E-state index contributed by atoms with van der Waals surface area (Å²) >= 11 is 0. The summed E-state index contributed by atoms with van der Waals surface area (Å²) in [6.45, 7) is 7.89. The Morgan fingerprint density at radius 1 is 1.13 bits per heavy atom. The lowest BCUT2D eigenvalue weighted by molar-refractivity contribution is -0.136. The predicted molar refractivity (Wildman–Crippen MR) is 97.5 cm³/mol. The van der Waals surface area contributed by atoms with Crippen molar-refractivity contribution in [1.82, 2.24) is 15.1 Å². The molecule has 2 bridgehead atoms. The maximum Gasteiger partial charge on any atom is 0.226 e. The average Bonchev–Trinajstić information content (AvgIpc) is 3.07. The highest BCUT2D eigenvalue weighted by molar-refractivity contribution is 5.85. The Balaban J connectivity index is 0.000000960. The quantitative estimate of drug-likeness (QED) is 0.817. The Kier molecular flexibility index (Phi) is 6.26. The highest BCUT2D eigenvalue weighted by Gasteiger charge is 2.60. The molecule has 1 amide bonds. The van der Waals surface area contributed by atoms with Crippen LogP contribution in [0.4, 0.5) is 0 Å². The number of amides is 1. The van der Waals surface area contributed by atoms with Crippen LogP contribution in [0.5, 0.6) is 0 Å². The second-order valence-corrected chi connectivity index (χ2v) is 7.68. The van der Waals surface area contributed by atoms with Crippen LogP contribution >= 0.6 is 24.8 Å². The number of rotatable bonds is 2. The van der Waals surface area contributed by atoms with Gasteiger partial charge < -0.3 is 15.1 Å². The summed E-state index contributed by atoms with van der Waals surface area (Å²) in [5, 5.41) is 3.44. The molecule has 134 valence electrons. The standard InChI is InChI=1S/C17H29N3O.2ClH/c1-2-19-10-5-13-3-4-14(12-19)20(13)16(21)15-11-17(15)6-8-18-9-7-17;;/h13-15,18H,2-12H2,1H3;2*1H. The normalized spacial score (nSPS) is 35.2. The second kappa shape index (κ2) is 7.47. The first kappa shape index (κ1) is 19.3. The van der Waals surface area contributed by atoms with E-state index in [9.17, 15) is 4.79 Å². The zero-order valence-electron chi connectivity index (χ0n) is 14.1. The summed E-state index contributed by atoms with van der Waals surface area (Å²) in [6, 6.07) is 1.04. The highest BCUT2D eigenvalue weighted by atomic mass is 35.5. The lowest BCUT2D eigenvalue weighted by Gasteiger charge is -2.31. The first-order valence-corrected chi connectivity index (χ1v) is 8.99. The van der Waals surface area contributed by atoms with Crippen molar-refractivity contribution in [2.45, 2.75) is 57.5 Å². The Morgan fingerprint density at radius 3 is 2.52 bits per heavy atom. The number of piperidine rings is 1. The third-order valence-corrected chi connectivity index (χ3v) is 6.66. The monoisotopic (exact) mass is 363 g/mol. The van der Waals surface area contributed by atoms with Crippen LogP contribution in [0.15, 0.2) is 0 Å². The van der Waals surface area contributed by atoms with Gasteiger partial charge in [0.15, 0.2) is 0 Å². The third kappa shape index (κ3) is 3.37. The van der Waals surface area contributed by atoms with Gasteiger partial charge in [-0.1, -0.05) is 6.92 Å². The molecule has 1 aliphatic carbocycles. The van der Waals surface area contributed by atoms with Gasteiger partial charge in [-0.3, -0.25) is 4.79 Å². The van der Waals surface area contributed by atoms with E-state index in [1.165, 1.54) is 45.1 Å². The molecule has 0 aromatic carbocycles. The lowest BCUT2D eigenvalue weighted by atomic mass is 9.91. The first-order valence-electron chi connectivity index (χ1n) is 8.99. The summed E-state index contributed by atoms with van der Waals surface area (Å²) in [6.07, 6.45) is 7.27. The molecule has 0 aromatic rings. The molecule has 3 saturated heterocycles. The Bertz CT molecular complexity index is 428. The van der Waals surface area contributed by atoms with Crippen molar-refractivity contribution in [3.63, 3.8) is 0 Å². The molecule has 0 aromatic heterocycles. The van der Waals surface area contributed by atoms with E-state index in [1.807, 2.05) is 0 Å². The van der Waals surface area contributed by atoms with Crippen LogP contribution in [-0.2, 0) is 4.79 Å². The largest absolute Gasteiger partial charge is 0.335 e. The SMILES string of the molecule is CCN1CCC2CCC(C1)N2C(=O)C1CC12CCNCC2.Cl.Cl. The summed E-state index contributed by atoms with van der Waals surface area (Å²) in [7, 11) is 0. The van der Waals surface area contributed by atoms with Crippen LogP contribution in [-0.4, -0.2) is 60.5 Å². The van der Waals surface area contributed by atoms with Gasteiger partial charge in [0.05, 0.1) is 0 Å². The first-order chi connectivity index (χ1) is 10.2. The van der Waals surface area contributed by atoms with E-state index in [1.54, 1.807) is 0 Å². The second-order valence-electron chi connectivity index (χ2n) is 7.68. The molecule has 23 heavy (non-hydrogen) atoms. The number of likely N-dealkylation sites (N-methyl/N-ethyl adjacent to an activating group) is 1. The number of hydrogen-bond acceptors (Lipinski definition) is 3. The smallest absolute Gasteiger partial charge is 0.226 e. The topological polar surface area (TPSA) is 35.6 Å². The fourth-order valence-electron chi connectivity index (χ4n) is 5.15. The molecule has 1 N–H and O–H groups in total. The van der Waals surface area contributed by atoms with Crippen LogP contribution < -0.4 is 5.32 Å². The number of halogens is 2. The molecule has 3 aliphatic heterocycles. The molecule has 1 spiro atoms. The van der Waals surface area contributed by atoms with Gasteiger partial charge in [-0.25, -0.2) is 0 Å². The van der Waals surface area contributed by atoms with Gasteiger partial charge in [0, 0.05) is 31.1 Å². The molecule has 3 atom stereocenters. The van der Waals surface area contributed by atoms with E-state index >= 15 is 0 Å². The van der Waals surface area contributed by atoms with Crippen LogP contribution in [0.1, 0.15) is 45.4 Å². The molecule has 4 nitrogen and oxygen atoms in total. The Hall–Kier alpha value is -0.0300. The summed E-state index contributed by atoms with van der Waals surface area (Å²) in [5.41, 5.74) is 0.387. The summed E-state index contributed by atoms with van der Waals surface area (Å²) in [4.78, 5) is 18.0. The maximum atomic E-state index is 13.1. The van der Waals surface area contributed by atoms with Crippen LogP contribution in [0.25, 0.3) is 0 Å². The van der Waals surface area contributed by atoms with Crippen molar-refractivity contribution in [1.29, 1.82) is 0 Å². The number of nitrogens with zero attached hydrogens (tertiary/aromatic N) is 2. The molecule has 6 heteroatoms. The van der Waals surface area contributed by atoms with Gasteiger partial charge in [-0.15, -0.1) is 24.8 Å². The van der Waals surface area contributed by atoms with Crippen molar-refractivity contribution in [3.8, 4) is 0 Å². The number of hydrogen-bond donors (Lipinski definition) is 1. The minimum Gasteiger partial charge on any atom is -0.335 e. The molecule has 4 aliphatic rings. The molecule has 4 rings (SSSR count). The molecule has 3 unspecified atom stereocenters. The van der Waals surface area contributed by atoms with Gasteiger partial charge in [0.1, 0.15) is 0 Å². The van der Waals surface area contributed by atoms with Gasteiger partial charge in [-0.05, 0) is 63.6 Å².